The zero-order chi connectivity index (χ0) is 38.0. The molecule has 3 rings (SSSR count). The normalized spacial score (nSPS) is 23.4. The van der Waals surface area contributed by atoms with E-state index in [0.29, 0.717) is 32.1 Å². The fourth-order valence-electron chi connectivity index (χ4n) is 5.62. The van der Waals surface area contributed by atoms with Crippen LogP contribution in [0, 0.1) is 11.8 Å². The molecule has 2 saturated heterocycles. The Bertz CT molecular complexity index is 1340. The topological polar surface area (TPSA) is 215 Å². The molecule has 0 aliphatic carbocycles. The van der Waals surface area contributed by atoms with E-state index < -0.39 is 72.9 Å². The molecular formula is C35H50N4O13. The summed E-state index contributed by atoms with van der Waals surface area (Å²) in [6, 6.07) is -1.21. The number of ether oxygens (including phenoxy) is 6. The highest BCUT2D eigenvalue weighted by molar-refractivity contribution is 6.12. The first kappa shape index (κ1) is 42.3. The van der Waals surface area contributed by atoms with E-state index in [9.17, 15) is 33.6 Å². The number of esters is 2. The highest BCUT2D eigenvalue weighted by atomic mass is 16.7. The molecule has 0 bridgehead atoms. The zero-order valence-corrected chi connectivity index (χ0v) is 30.2. The van der Waals surface area contributed by atoms with Crippen molar-refractivity contribution in [2.75, 3.05) is 19.8 Å². The molecule has 52 heavy (non-hydrogen) atoms. The summed E-state index contributed by atoms with van der Waals surface area (Å²) in [7, 11) is 0. The molecule has 288 valence electrons. The third kappa shape index (κ3) is 14.5. The molecule has 0 aromatic heterocycles. The molecule has 0 radical (unpaired) electrons. The Labute approximate surface area is 302 Å². The van der Waals surface area contributed by atoms with Crippen molar-refractivity contribution >= 4 is 41.8 Å². The van der Waals surface area contributed by atoms with Crippen molar-refractivity contribution in [1.82, 2.24) is 10.2 Å². The van der Waals surface area contributed by atoms with E-state index in [1.54, 1.807) is 0 Å². The standard InChI is InChI=1S/C35H50N4O13/c1-22(2)33(36-20-40)51-31-11-5-8-24(49-31)18-47-30(45)16-13-26(38-27(42)10-7-17-39-28(43)14-15-29(39)44)35(46)48-19-25-9-6-12-32(50-25)52-34(23(3)4)37-21-41/h14-15,22-26,31-34H,5-13,16-19H2,1-4H3,(H,38,42). The largest absolute Gasteiger partial charge is 0.463 e. The van der Waals surface area contributed by atoms with Crippen molar-refractivity contribution in [2.24, 2.45) is 21.8 Å². The lowest BCUT2D eigenvalue weighted by Gasteiger charge is -2.32. The van der Waals surface area contributed by atoms with Crippen molar-refractivity contribution < 1.29 is 62.0 Å². The summed E-state index contributed by atoms with van der Waals surface area (Å²) < 4.78 is 34.4. The lowest BCUT2D eigenvalue weighted by Crippen LogP contribution is -2.44. The van der Waals surface area contributed by atoms with Crippen LogP contribution in [0.25, 0.3) is 0 Å². The number of hydrogen-bond donors (Lipinski definition) is 1. The Balaban J connectivity index is 1.53. The number of nitrogens with one attached hydrogen (secondary N) is 1. The van der Waals surface area contributed by atoms with Crippen molar-refractivity contribution in [3.63, 3.8) is 0 Å². The van der Waals surface area contributed by atoms with E-state index >= 15 is 0 Å². The minimum Gasteiger partial charge on any atom is -0.463 e. The van der Waals surface area contributed by atoms with Gasteiger partial charge in [0.05, 0.1) is 12.2 Å². The summed E-state index contributed by atoms with van der Waals surface area (Å²) in [5.41, 5.74) is 0. The first-order chi connectivity index (χ1) is 24.9. The van der Waals surface area contributed by atoms with Gasteiger partial charge in [-0.3, -0.25) is 24.1 Å². The maximum absolute atomic E-state index is 13.3. The minimum atomic E-state index is -1.21. The fourth-order valence-corrected chi connectivity index (χ4v) is 5.62. The zero-order valence-electron chi connectivity index (χ0n) is 30.2. The average Bonchev–Trinajstić information content (AvgIpc) is 3.43. The molecule has 3 aliphatic heterocycles. The molecule has 3 aliphatic rings. The molecule has 7 unspecified atom stereocenters. The van der Waals surface area contributed by atoms with Gasteiger partial charge in [0, 0.05) is 43.4 Å². The molecule has 0 spiro atoms. The number of carbonyl (C=O) groups excluding carboxylic acids is 7. The smallest absolute Gasteiger partial charge is 0.328 e. The third-order valence-electron chi connectivity index (χ3n) is 8.49. The van der Waals surface area contributed by atoms with Gasteiger partial charge in [0.1, 0.15) is 19.3 Å². The predicted molar refractivity (Wildman–Crippen MR) is 179 cm³/mol. The molecule has 0 saturated carbocycles. The summed E-state index contributed by atoms with van der Waals surface area (Å²) in [6.45, 7) is 7.18. The Morgan fingerprint density at radius 3 is 1.85 bits per heavy atom. The SMILES string of the molecule is CC(C)C(N=C=O)OC1CCCC(COC(=O)CCC(NC(=O)CCCN2C(=O)C=CC2=O)C(=O)OCC2CCCC(OC(N=C=O)C(C)C)O2)O1. The van der Waals surface area contributed by atoms with E-state index in [0.717, 1.165) is 23.5 Å². The van der Waals surface area contributed by atoms with Gasteiger partial charge in [-0.15, -0.1) is 0 Å². The van der Waals surface area contributed by atoms with Gasteiger partial charge < -0.3 is 33.7 Å². The maximum atomic E-state index is 13.3. The molecular weight excluding hydrogens is 684 g/mol. The molecule has 0 aromatic rings. The number of carbonyl (C=O) groups is 5. The number of hydrogen-bond acceptors (Lipinski definition) is 15. The van der Waals surface area contributed by atoms with Gasteiger partial charge in [-0.25, -0.2) is 14.4 Å². The lowest BCUT2D eigenvalue weighted by molar-refractivity contribution is -0.228. The number of rotatable bonds is 21. The van der Waals surface area contributed by atoms with Crippen LogP contribution in [0.4, 0.5) is 0 Å². The highest BCUT2D eigenvalue weighted by Crippen LogP contribution is 2.25. The van der Waals surface area contributed by atoms with Crippen LogP contribution in [0.15, 0.2) is 22.1 Å². The molecule has 3 amide bonds. The molecule has 1 N–H and O–H groups in total. The van der Waals surface area contributed by atoms with E-state index in [2.05, 4.69) is 15.3 Å². The van der Waals surface area contributed by atoms with Crippen LogP contribution >= 0.6 is 0 Å². The van der Waals surface area contributed by atoms with Crippen LogP contribution in [0.2, 0.25) is 0 Å². The van der Waals surface area contributed by atoms with E-state index in [1.165, 1.54) is 12.2 Å². The minimum absolute atomic E-state index is 0.0230. The molecule has 2 fully saturated rings. The first-order valence-corrected chi connectivity index (χ1v) is 17.8. The second-order valence-corrected chi connectivity index (χ2v) is 13.5. The van der Waals surface area contributed by atoms with Gasteiger partial charge in [0.25, 0.3) is 11.8 Å². The number of imide groups is 1. The third-order valence-corrected chi connectivity index (χ3v) is 8.49. The summed E-state index contributed by atoms with van der Waals surface area (Å²) in [5.74, 6) is -3.06. The Kier molecular flexibility index (Phi) is 18.0. The van der Waals surface area contributed by atoms with E-state index in [-0.39, 0.29) is 57.3 Å². The Hall–Kier alpha value is -4.11. The lowest BCUT2D eigenvalue weighted by atomic mass is 10.1. The van der Waals surface area contributed by atoms with Gasteiger partial charge in [0.15, 0.2) is 25.0 Å². The molecule has 17 heteroatoms. The van der Waals surface area contributed by atoms with Crippen molar-refractivity contribution in [1.29, 1.82) is 0 Å². The second-order valence-electron chi connectivity index (χ2n) is 13.5. The highest BCUT2D eigenvalue weighted by Gasteiger charge is 2.31. The summed E-state index contributed by atoms with van der Waals surface area (Å²) in [6.07, 6.45) is 5.04. The van der Waals surface area contributed by atoms with Crippen LogP contribution in [-0.4, -0.2) is 110 Å². The maximum Gasteiger partial charge on any atom is 0.328 e. The van der Waals surface area contributed by atoms with Gasteiger partial charge in [-0.2, -0.15) is 9.98 Å². The van der Waals surface area contributed by atoms with Crippen LogP contribution in [0.3, 0.4) is 0 Å². The van der Waals surface area contributed by atoms with Gasteiger partial charge >= 0.3 is 11.9 Å². The van der Waals surface area contributed by atoms with Gasteiger partial charge in [-0.1, -0.05) is 27.7 Å². The van der Waals surface area contributed by atoms with Crippen LogP contribution in [0.5, 0.6) is 0 Å². The summed E-state index contributed by atoms with van der Waals surface area (Å²) >= 11 is 0. The van der Waals surface area contributed by atoms with Crippen molar-refractivity contribution in [3.05, 3.63) is 12.2 Å². The van der Waals surface area contributed by atoms with Crippen LogP contribution < -0.4 is 5.32 Å². The number of amides is 3. The Morgan fingerprint density at radius 2 is 1.35 bits per heavy atom. The van der Waals surface area contributed by atoms with E-state index in [1.807, 2.05) is 27.7 Å². The van der Waals surface area contributed by atoms with Crippen LogP contribution in [0.1, 0.15) is 91.9 Å². The number of aliphatic imine (C=N–C) groups is 2. The van der Waals surface area contributed by atoms with Gasteiger partial charge in [-0.05, 0) is 51.4 Å². The van der Waals surface area contributed by atoms with Crippen LogP contribution in [-0.2, 0) is 62.0 Å². The summed E-state index contributed by atoms with van der Waals surface area (Å²) in [4.78, 5) is 92.4. The molecule has 7 atom stereocenters. The summed E-state index contributed by atoms with van der Waals surface area (Å²) in [5, 5.41) is 2.60. The van der Waals surface area contributed by atoms with Crippen molar-refractivity contribution in [3.8, 4) is 0 Å². The first-order valence-electron chi connectivity index (χ1n) is 17.8. The van der Waals surface area contributed by atoms with Gasteiger partial charge in [0.2, 0.25) is 18.1 Å². The molecule has 17 nitrogen and oxygen atoms in total. The average molecular weight is 735 g/mol. The monoisotopic (exact) mass is 734 g/mol. The Morgan fingerprint density at radius 1 is 0.827 bits per heavy atom. The van der Waals surface area contributed by atoms with E-state index in [4.69, 9.17) is 28.4 Å². The fraction of sp³-hybridized carbons (Fsp3) is 0.743. The van der Waals surface area contributed by atoms with Crippen molar-refractivity contribution in [2.45, 2.75) is 135 Å². The number of isocyanates is 2. The molecule has 0 aromatic carbocycles. The second kappa shape index (κ2) is 22.1. The molecule has 3 heterocycles. The quantitative estimate of drug-likeness (QED) is 0.0778. The number of nitrogens with zero attached hydrogens (tertiary/aromatic N) is 3. The predicted octanol–water partition coefficient (Wildman–Crippen LogP) is 2.50.